The van der Waals surface area contributed by atoms with E-state index >= 15 is 0 Å². The smallest absolute Gasteiger partial charge is 0.359 e. The minimum absolute atomic E-state index is 0.0278. The SMILES string of the molecule is CC(F)(F)c1ccc(C(Nc2ccc(C(F)(F)F)cn2)c2ccc3cccnc3c2)c(F)c1. The lowest BCUT2D eigenvalue weighted by Gasteiger charge is -2.22. The van der Waals surface area contributed by atoms with Gasteiger partial charge >= 0.3 is 6.18 Å². The van der Waals surface area contributed by atoms with Gasteiger partial charge in [0.1, 0.15) is 11.6 Å². The van der Waals surface area contributed by atoms with Crippen LogP contribution in [-0.2, 0) is 12.1 Å². The molecule has 33 heavy (non-hydrogen) atoms. The fourth-order valence-electron chi connectivity index (χ4n) is 3.43. The van der Waals surface area contributed by atoms with Crippen LogP contribution in [-0.4, -0.2) is 9.97 Å². The maximum absolute atomic E-state index is 15.0. The molecule has 0 radical (unpaired) electrons. The number of halogens is 6. The maximum Gasteiger partial charge on any atom is 0.417 e. The second kappa shape index (κ2) is 8.38. The highest BCUT2D eigenvalue weighted by atomic mass is 19.4. The Morgan fingerprint density at radius 1 is 0.848 bits per heavy atom. The van der Waals surface area contributed by atoms with Crippen LogP contribution in [0.2, 0.25) is 0 Å². The van der Waals surface area contributed by atoms with Crippen molar-refractivity contribution >= 4 is 16.7 Å². The summed E-state index contributed by atoms with van der Waals surface area (Å²) in [6, 6.07) is 12.9. The second-order valence-corrected chi connectivity index (χ2v) is 7.59. The molecular formula is C24H17F6N3. The first-order valence-electron chi connectivity index (χ1n) is 9.84. The molecule has 0 saturated carbocycles. The lowest BCUT2D eigenvalue weighted by Crippen LogP contribution is -2.17. The summed E-state index contributed by atoms with van der Waals surface area (Å²) in [6.45, 7) is 0.665. The molecule has 0 amide bonds. The molecule has 0 fully saturated rings. The van der Waals surface area contributed by atoms with E-state index in [9.17, 15) is 26.3 Å². The molecule has 1 N–H and O–H groups in total. The number of anilines is 1. The average Bonchev–Trinajstić information content (AvgIpc) is 2.76. The number of rotatable bonds is 5. The molecule has 0 saturated heterocycles. The topological polar surface area (TPSA) is 37.8 Å². The monoisotopic (exact) mass is 461 g/mol. The minimum atomic E-state index is -4.55. The van der Waals surface area contributed by atoms with Crippen LogP contribution in [0.4, 0.5) is 32.2 Å². The Kier molecular flexibility index (Phi) is 5.73. The number of alkyl halides is 5. The highest BCUT2D eigenvalue weighted by Gasteiger charge is 2.31. The van der Waals surface area contributed by atoms with Crippen molar-refractivity contribution in [2.24, 2.45) is 0 Å². The summed E-state index contributed by atoms with van der Waals surface area (Å²) in [4.78, 5) is 8.07. The van der Waals surface area contributed by atoms with E-state index in [0.29, 0.717) is 24.2 Å². The third-order valence-electron chi connectivity index (χ3n) is 5.16. The highest BCUT2D eigenvalue weighted by Crippen LogP contribution is 2.34. The van der Waals surface area contributed by atoms with Gasteiger partial charge < -0.3 is 5.32 Å². The summed E-state index contributed by atoms with van der Waals surface area (Å²) < 4.78 is 80.9. The second-order valence-electron chi connectivity index (χ2n) is 7.59. The fraction of sp³-hybridized carbons (Fsp3) is 0.167. The number of aromatic nitrogens is 2. The van der Waals surface area contributed by atoms with E-state index < -0.39 is 35.1 Å². The zero-order chi connectivity index (χ0) is 23.8. The molecule has 3 nitrogen and oxygen atoms in total. The van der Waals surface area contributed by atoms with Gasteiger partial charge in [0.25, 0.3) is 5.92 Å². The molecule has 0 aliphatic heterocycles. The molecule has 0 aliphatic rings. The number of hydrogen-bond donors (Lipinski definition) is 1. The van der Waals surface area contributed by atoms with Gasteiger partial charge in [-0.25, -0.2) is 18.2 Å². The predicted octanol–water partition coefficient (Wildman–Crippen LogP) is 7.10. The Bertz CT molecular complexity index is 1280. The van der Waals surface area contributed by atoms with E-state index in [0.717, 1.165) is 29.7 Å². The normalized spacial score (nSPS) is 13.2. The Labute approximate surface area is 185 Å². The van der Waals surface area contributed by atoms with Crippen molar-refractivity contribution in [1.29, 1.82) is 0 Å². The van der Waals surface area contributed by atoms with E-state index in [1.807, 2.05) is 6.07 Å². The first-order chi connectivity index (χ1) is 15.5. The van der Waals surface area contributed by atoms with Crippen LogP contribution in [0.15, 0.2) is 73.1 Å². The lowest BCUT2D eigenvalue weighted by atomic mass is 9.95. The zero-order valence-corrected chi connectivity index (χ0v) is 17.2. The van der Waals surface area contributed by atoms with Crippen molar-refractivity contribution in [2.75, 3.05) is 5.32 Å². The van der Waals surface area contributed by atoms with Crippen LogP contribution in [0, 0.1) is 5.82 Å². The lowest BCUT2D eigenvalue weighted by molar-refractivity contribution is -0.137. The summed E-state index contributed by atoms with van der Waals surface area (Å²) in [7, 11) is 0. The molecule has 4 rings (SSSR count). The maximum atomic E-state index is 15.0. The Morgan fingerprint density at radius 2 is 1.61 bits per heavy atom. The minimum Gasteiger partial charge on any atom is -0.359 e. The van der Waals surface area contributed by atoms with Crippen LogP contribution in [0.3, 0.4) is 0 Å². The molecule has 0 bridgehead atoms. The number of nitrogens with zero attached hydrogens (tertiary/aromatic N) is 2. The third kappa shape index (κ3) is 4.92. The van der Waals surface area contributed by atoms with Crippen molar-refractivity contribution in [3.8, 4) is 0 Å². The van der Waals surface area contributed by atoms with Gasteiger partial charge in [0.2, 0.25) is 0 Å². The van der Waals surface area contributed by atoms with E-state index in [1.165, 1.54) is 6.07 Å². The van der Waals surface area contributed by atoms with Gasteiger partial charge in [-0.15, -0.1) is 0 Å². The summed E-state index contributed by atoms with van der Waals surface area (Å²) in [5, 5.41) is 3.75. The van der Waals surface area contributed by atoms with Crippen LogP contribution in [0.5, 0.6) is 0 Å². The molecule has 1 unspecified atom stereocenters. The Morgan fingerprint density at radius 3 is 2.24 bits per heavy atom. The molecule has 0 aliphatic carbocycles. The van der Waals surface area contributed by atoms with E-state index in [-0.39, 0.29) is 11.4 Å². The van der Waals surface area contributed by atoms with Crippen molar-refractivity contribution in [3.05, 3.63) is 101 Å². The van der Waals surface area contributed by atoms with E-state index in [1.54, 1.807) is 30.5 Å². The molecule has 2 aromatic carbocycles. The van der Waals surface area contributed by atoms with Crippen LogP contribution in [0.25, 0.3) is 10.9 Å². The number of benzene rings is 2. The molecule has 9 heteroatoms. The molecular weight excluding hydrogens is 444 g/mol. The van der Waals surface area contributed by atoms with Crippen molar-refractivity contribution < 1.29 is 26.3 Å². The fourth-order valence-corrected chi connectivity index (χ4v) is 3.43. The molecule has 2 aromatic heterocycles. The van der Waals surface area contributed by atoms with Crippen molar-refractivity contribution in [2.45, 2.75) is 25.1 Å². The van der Waals surface area contributed by atoms with Crippen LogP contribution < -0.4 is 5.32 Å². The molecule has 1 atom stereocenters. The predicted molar refractivity (Wildman–Crippen MR) is 112 cm³/mol. The average molecular weight is 461 g/mol. The number of hydrogen-bond acceptors (Lipinski definition) is 3. The van der Waals surface area contributed by atoms with Gasteiger partial charge in [0, 0.05) is 35.8 Å². The van der Waals surface area contributed by atoms with Gasteiger partial charge in [-0.1, -0.05) is 30.3 Å². The largest absolute Gasteiger partial charge is 0.417 e. The van der Waals surface area contributed by atoms with Crippen molar-refractivity contribution in [1.82, 2.24) is 9.97 Å². The summed E-state index contributed by atoms with van der Waals surface area (Å²) in [6.07, 6.45) is -2.30. The molecule has 2 heterocycles. The van der Waals surface area contributed by atoms with Gasteiger partial charge in [-0.2, -0.15) is 13.2 Å². The number of fused-ring (bicyclic) bond motifs is 1. The standard InChI is InChI=1S/C24H17F6N3/c1-23(26,27)16-6-8-18(19(25)12-16)22(15-5-4-14-3-2-10-31-20(14)11-15)33-21-9-7-17(13-32-21)24(28,29)30/h2-13,22H,1H3,(H,32,33). The third-order valence-corrected chi connectivity index (χ3v) is 5.16. The number of nitrogens with one attached hydrogen (secondary N) is 1. The van der Waals surface area contributed by atoms with Gasteiger partial charge in [-0.05, 0) is 35.9 Å². The van der Waals surface area contributed by atoms with E-state index in [2.05, 4.69) is 15.3 Å². The van der Waals surface area contributed by atoms with Gasteiger partial charge in [-0.3, -0.25) is 4.98 Å². The summed E-state index contributed by atoms with van der Waals surface area (Å²) in [5.41, 5.74) is -0.257. The first-order valence-corrected chi connectivity index (χ1v) is 9.84. The highest BCUT2D eigenvalue weighted by molar-refractivity contribution is 5.79. The molecule has 4 aromatic rings. The zero-order valence-electron chi connectivity index (χ0n) is 17.2. The van der Waals surface area contributed by atoms with Crippen molar-refractivity contribution in [3.63, 3.8) is 0 Å². The van der Waals surface area contributed by atoms with Gasteiger partial charge in [0.15, 0.2) is 0 Å². The number of pyridine rings is 2. The first kappa shape index (κ1) is 22.6. The summed E-state index contributed by atoms with van der Waals surface area (Å²) in [5.74, 6) is -4.07. The Balaban J connectivity index is 1.78. The van der Waals surface area contributed by atoms with Crippen LogP contribution in [0.1, 0.15) is 35.2 Å². The summed E-state index contributed by atoms with van der Waals surface area (Å²) >= 11 is 0. The van der Waals surface area contributed by atoms with E-state index in [4.69, 9.17) is 0 Å². The quantitative estimate of drug-likeness (QED) is 0.322. The van der Waals surface area contributed by atoms with Crippen LogP contribution >= 0.6 is 0 Å². The van der Waals surface area contributed by atoms with Gasteiger partial charge in [0.05, 0.1) is 17.1 Å². The molecule has 170 valence electrons. The molecule has 0 spiro atoms. The Hall–Kier alpha value is -3.62.